The van der Waals surface area contributed by atoms with Gasteiger partial charge >= 0.3 is 12.1 Å². The number of ether oxygens (including phenoxy) is 1. The molecular weight excluding hydrogens is 458 g/mol. The van der Waals surface area contributed by atoms with E-state index in [9.17, 15) is 19.5 Å². The molecule has 0 unspecified atom stereocenters. The minimum Gasteiger partial charge on any atom is -0.475 e. The van der Waals surface area contributed by atoms with Gasteiger partial charge in [0.05, 0.1) is 5.69 Å². The topological polar surface area (TPSA) is 166 Å². The Morgan fingerprint density at radius 1 is 1.17 bits per heavy atom. The summed E-state index contributed by atoms with van der Waals surface area (Å²) in [6.07, 6.45) is 3.80. The molecule has 0 bridgehead atoms. The molecule has 0 fully saturated rings. The van der Waals surface area contributed by atoms with Crippen LogP contribution >= 0.6 is 0 Å². The summed E-state index contributed by atoms with van der Waals surface area (Å²) in [6.45, 7) is 5.14. The first-order chi connectivity index (χ1) is 16.5. The van der Waals surface area contributed by atoms with Gasteiger partial charge in [0.1, 0.15) is 22.6 Å². The van der Waals surface area contributed by atoms with Crippen LogP contribution in [0.4, 0.5) is 22.0 Å². The van der Waals surface area contributed by atoms with Crippen LogP contribution in [0.3, 0.4) is 0 Å². The van der Waals surface area contributed by atoms with Gasteiger partial charge in [0.15, 0.2) is 5.52 Å². The number of carbonyl (C=O) groups excluding carboxylic acids is 1. The summed E-state index contributed by atoms with van der Waals surface area (Å²) < 4.78 is 11.6. The maximum atomic E-state index is 13.0. The van der Waals surface area contributed by atoms with Crippen molar-refractivity contribution in [3.05, 3.63) is 59.0 Å². The SMILES string of the molecule is CN(C(=O)OC(C)(C)C)c1cc(Nc2cccn(-c3ncccn3)c2=O)nc2c(C(=O)O)onc12. The molecule has 0 aliphatic heterocycles. The van der Waals surface area contributed by atoms with Crippen molar-refractivity contribution in [1.82, 2.24) is 24.7 Å². The van der Waals surface area contributed by atoms with Crippen LogP contribution in [0.1, 0.15) is 31.3 Å². The maximum absolute atomic E-state index is 13.0. The highest BCUT2D eigenvalue weighted by molar-refractivity contribution is 6.05. The van der Waals surface area contributed by atoms with Gasteiger partial charge in [0.25, 0.3) is 11.3 Å². The first-order valence-corrected chi connectivity index (χ1v) is 10.3. The number of hydrogen-bond donors (Lipinski definition) is 2. The summed E-state index contributed by atoms with van der Waals surface area (Å²) in [7, 11) is 1.43. The third kappa shape index (κ3) is 4.78. The third-order valence-corrected chi connectivity index (χ3v) is 4.62. The Morgan fingerprint density at radius 3 is 2.54 bits per heavy atom. The second-order valence-corrected chi connectivity index (χ2v) is 8.35. The molecule has 0 saturated carbocycles. The lowest BCUT2D eigenvalue weighted by molar-refractivity contribution is 0.0588. The van der Waals surface area contributed by atoms with Crippen LogP contribution in [0, 0.1) is 0 Å². The molecule has 4 rings (SSSR count). The fourth-order valence-corrected chi connectivity index (χ4v) is 3.10. The smallest absolute Gasteiger partial charge is 0.414 e. The van der Waals surface area contributed by atoms with Crippen LogP contribution in [0.25, 0.3) is 17.0 Å². The van der Waals surface area contributed by atoms with Crippen molar-refractivity contribution < 1.29 is 24.0 Å². The molecule has 2 N–H and O–H groups in total. The summed E-state index contributed by atoms with van der Waals surface area (Å²) in [5.41, 5.74) is -1.08. The Morgan fingerprint density at radius 2 is 1.89 bits per heavy atom. The monoisotopic (exact) mass is 479 g/mol. The molecule has 4 aromatic heterocycles. The van der Waals surface area contributed by atoms with E-state index in [2.05, 4.69) is 25.4 Å². The van der Waals surface area contributed by atoms with Crippen molar-refractivity contribution in [2.75, 3.05) is 17.3 Å². The van der Waals surface area contributed by atoms with Gasteiger partial charge < -0.3 is 19.7 Å². The number of fused-ring (bicyclic) bond motifs is 1. The molecule has 0 saturated heterocycles. The number of nitrogens with one attached hydrogen (secondary N) is 1. The van der Waals surface area contributed by atoms with Crippen LogP contribution in [0.2, 0.25) is 0 Å². The molecule has 35 heavy (non-hydrogen) atoms. The number of carboxylic acids is 1. The molecule has 1 amide bonds. The molecule has 0 aliphatic carbocycles. The van der Waals surface area contributed by atoms with Gasteiger partial charge in [-0.1, -0.05) is 5.16 Å². The lowest BCUT2D eigenvalue weighted by Gasteiger charge is -2.25. The number of carboxylic acid groups (broad SMARTS) is 1. The van der Waals surface area contributed by atoms with E-state index in [1.54, 1.807) is 32.9 Å². The quantitative estimate of drug-likeness (QED) is 0.432. The Labute approximate surface area is 198 Å². The van der Waals surface area contributed by atoms with Crippen molar-refractivity contribution in [1.29, 1.82) is 0 Å². The van der Waals surface area contributed by atoms with E-state index >= 15 is 0 Å². The van der Waals surface area contributed by atoms with Crippen LogP contribution in [-0.2, 0) is 4.74 Å². The summed E-state index contributed by atoms with van der Waals surface area (Å²) in [5.74, 6) is -1.68. The van der Waals surface area contributed by atoms with Gasteiger partial charge in [-0.2, -0.15) is 0 Å². The Kier molecular flexibility index (Phi) is 5.91. The molecular formula is C22H21N7O6. The highest BCUT2D eigenvalue weighted by Crippen LogP contribution is 2.31. The Hall–Kier alpha value is -4.81. The van der Waals surface area contributed by atoms with E-state index in [0.717, 1.165) is 4.90 Å². The predicted octanol–water partition coefficient (Wildman–Crippen LogP) is 2.98. The second-order valence-electron chi connectivity index (χ2n) is 8.35. The van der Waals surface area contributed by atoms with Crippen molar-refractivity contribution >= 4 is 40.3 Å². The van der Waals surface area contributed by atoms with Gasteiger partial charge in [-0.05, 0) is 39.0 Å². The van der Waals surface area contributed by atoms with Crippen LogP contribution in [0.5, 0.6) is 0 Å². The van der Waals surface area contributed by atoms with Crippen molar-refractivity contribution in [2.24, 2.45) is 0 Å². The number of aromatic nitrogens is 5. The molecule has 0 aromatic carbocycles. The van der Waals surface area contributed by atoms with Gasteiger partial charge in [-0.3, -0.25) is 14.3 Å². The number of amides is 1. The first kappa shape index (κ1) is 23.4. The number of pyridine rings is 2. The van der Waals surface area contributed by atoms with Gasteiger partial charge in [-0.25, -0.2) is 24.5 Å². The molecule has 0 aliphatic rings. The van der Waals surface area contributed by atoms with E-state index in [1.807, 2.05) is 0 Å². The standard InChI is InChI=1S/C22H21N7O6/c1-22(2,3)34-21(33)28(4)13-11-14(26-16-15(13)27-35-17(16)19(31)32)25-12-7-5-10-29(18(12)30)20-23-8-6-9-24-20/h5-11H,1-4H3,(H,25,26)(H,31,32). The average molecular weight is 479 g/mol. The van der Waals surface area contributed by atoms with E-state index in [4.69, 9.17) is 9.26 Å². The second kappa shape index (κ2) is 8.85. The number of hydrogen-bond acceptors (Lipinski definition) is 10. The van der Waals surface area contributed by atoms with E-state index in [1.165, 1.54) is 42.3 Å². The summed E-state index contributed by atoms with van der Waals surface area (Å²) in [5, 5.41) is 16.1. The average Bonchev–Trinajstić information content (AvgIpc) is 3.23. The van der Waals surface area contributed by atoms with Gasteiger partial charge in [0, 0.05) is 31.7 Å². The maximum Gasteiger partial charge on any atom is 0.414 e. The molecule has 4 heterocycles. The molecule has 0 atom stereocenters. The van der Waals surface area contributed by atoms with Crippen molar-refractivity contribution in [3.63, 3.8) is 0 Å². The fourth-order valence-electron chi connectivity index (χ4n) is 3.10. The largest absolute Gasteiger partial charge is 0.475 e. The van der Waals surface area contributed by atoms with Crippen LogP contribution in [-0.4, -0.2) is 54.5 Å². The van der Waals surface area contributed by atoms with E-state index in [-0.39, 0.29) is 34.2 Å². The zero-order valence-electron chi connectivity index (χ0n) is 19.2. The lowest BCUT2D eigenvalue weighted by atomic mass is 10.2. The number of rotatable bonds is 5. The molecule has 0 radical (unpaired) electrons. The summed E-state index contributed by atoms with van der Waals surface area (Å²) in [6, 6.07) is 6.17. The first-order valence-electron chi connectivity index (χ1n) is 10.3. The van der Waals surface area contributed by atoms with E-state index < -0.39 is 29.0 Å². The van der Waals surface area contributed by atoms with Crippen molar-refractivity contribution in [2.45, 2.75) is 26.4 Å². The zero-order valence-corrected chi connectivity index (χ0v) is 19.2. The highest BCUT2D eigenvalue weighted by atomic mass is 16.6. The number of carbonyl (C=O) groups is 2. The molecule has 0 spiro atoms. The number of nitrogens with zero attached hydrogens (tertiary/aromatic N) is 6. The molecule has 13 heteroatoms. The summed E-state index contributed by atoms with van der Waals surface area (Å²) >= 11 is 0. The van der Waals surface area contributed by atoms with Gasteiger partial charge in [0.2, 0.25) is 5.95 Å². The molecule has 4 aromatic rings. The molecule has 13 nitrogen and oxygen atoms in total. The van der Waals surface area contributed by atoms with E-state index in [0.29, 0.717) is 0 Å². The number of anilines is 3. The summed E-state index contributed by atoms with van der Waals surface area (Å²) in [4.78, 5) is 50.9. The number of aromatic carboxylic acids is 1. The van der Waals surface area contributed by atoms with Crippen LogP contribution in [0.15, 0.2) is 52.2 Å². The normalized spacial score (nSPS) is 11.3. The third-order valence-electron chi connectivity index (χ3n) is 4.62. The highest BCUT2D eigenvalue weighted by Gasteiger charge is 2.27. The fraction of sp³-hybridized carbons (Fsp3) is 0.227. The van der Waals surface area contributed by atoms with Crippen LogP contribution < -0.4 is 15.8 Å². The predicted molar refractivity (Wildman–Crippen MR) is 124 cm³/mol. The van der Waals surface area contributed by atoms with Gasteiger partial charge in [-0.15, -0.1) is 0 Å². The van der Waals surface area contributed by atoms with Crippen molar-refractivity contribution in [3.8, 4) is 5.95 Å². The Balaban J connectivity index is 1.80. The minimum atomic E-state index is -1.40. The zero-order chi connectivity index (χ0) is 25.3. The Bertz CT molecular complexity index is 1470. The minimum absolute atomic E-state index is 0.0319. The molecule has 180 valence electrons. The lowest BCUT2D eigenvalue weighted by Crippen LogP contribution is -2.34.